The number of H-pyrrole nitrogens is 1. The van der Waals surface area contributed by atoms with E-state index in [-0.39, 0.29) is 54.0 Å². The van der Waals surface area contributed by atoms with Crippen molar-refractivity contribution in [3.05, 3.63) is 215 Å². The summed E-state index contributed by atoms with van der Waals surface area (Å²) in [6.45, 7) is 18.6. The second-order valence-corrected chi connectivity index (χ2v) is 23.6. The van der Waals surface area contributed by atoms with Crippen molar-refractivity contribution in [2.24, 2.45) is 0 Å². The third-order valence-corrected chi connectivity index (χ3v) is 15.7. The number of aromatic nitrogens is 9. The number of nitrogens with two attached hydrogens (primary N) is 3. The van der Waals surface area contributed by atoms with E-state index in [9.17, 15) is 19.2 Å². The van der Waals surface area contributed by atoms with Crippen molar-refractivity contribution in [1.29, 1.82) is 0 Å². The minimum Gasteiger partial charge on any atom is -0.492 e. The van der Waals surface area contributed by atoms with Crippen LogP contribution in [0.3, 0.4) is 0 Å². The Morgan fingerprint density at radius 2 is 0.786 bits per heavy atom. The first-order valence-corrected chi connectivity index (χ1v) is 33.6. The van der Waals surface area contributed by atoms with E-state index in [4.69, 9.17) is 68.8 Å². The number of hydrogen-bond acceptors (Lipinski definition) is 25. The molecule has 6 heterocycles. The molecule has 0 bridgehead atoms. The highest BCUT2D eigenvalue weighted by molar-refractivity contribution is 6.68. The van der Waals surface area contributed by atoms with Gasteiger partial charge >= 0.3 is 0 Å². The fourth-order valence-electron chi connectivity index (χ4n) is 10.1. The minimum atomic E-state index is -0.407. The molecule has 13 rings (SSSR count). The Kier molecular flexibility index (Phi) is 31.4. The zero-order chi connectivity index (χ0) is 71.8. The van der Waals surface area contributed by atoms with E-state index < -0.39 is 10.5 Å². The van der Waals surface area contributed by atoms with Crippen molar-refractivity contribution in [2.45, 2.75) is 13.8 Å². The van der Waals surface area contributed by atoms with E-state index in [1.54, 1.807) is 72.8 Å². The van der Waals surface area contributed by atoms with Crippen LogP contribution >= 0.6 is 35.6 Å². The maximum Gasteiger partial charge on any atom is 0.281 e. The molecule has 0 spiro atoms. The maximum absolute atomic E-state index is 12.7. The molecule has 0 aliphatic carbocycles. The first-order chi connectivity index (χ1) is 49.6. The lowest BCUT2D eigenvalue weighted by Crippen LogP contribution is -2.38. The highest BCUT2D eigenvalue weighted by atomic mass is 35.5. The van der Waals surface area contributed by atoms with E-state index in [0.717, 1.165) is 153 Å². The van der Waals surface area contributed by atoms with Crippen molar-refractivity contribution in [3.63, 3.8) is 0 Å². The maximum atomic E-state index is 12.7. The van der Waals surface area contributed by atoms with Gasteiger partial charge in [0.1, 0.15) is 37.1 Å². The van der Waals surface area contributed by atoms with Crippen LogP contribution in [0.2, 0.25) is 0 Å². The van der Waals surface area contributed by atoms with Gasteiger partial charge in [-0.1, -0.05) is 108 Å². The molecule has 10 aromatic rings. The topological polar surface area (TPSA) is 351 Å². The SMILES string of the molecule is Cc1cccc(C(=O)Cl)c1.Cc1cccc(C(=O)n2nc(Nc3cccc(OCCN4CCOCC4)c3)nc2N)c1.Cl.Nc1nc(Nc2cccc(OCCN3CCOCC3)c2)n[nH]1.Nc1nc(Nc2cccc(OCCN3CCOCC3)c2)nn1C(=O)c1ccccc1.O=C(Cl)c1ccccc1. The standard InChI is InChI=1S/C22H26N6O3.C21H24N6O3.C14H20N6O2.C8H7ClO.C7H5ClO.ClH/c1-16-4-2-5-17(14-16)20(29)28-21(23)25-22(26-28)24-18-6-3-7-19(15-18)31-13-10-27-8-11-30-12-9-27;22-20-24-21(25-27(20)19(28)16-5-2-1-3-6-16)23-17-7-4-8-18(15-17)30-14-11-26-9-12-29-13-10-26;15-13-17-14(19-18-13)16-11-2-1-3-12(10-11)22-9-6-20-4-7-21-8-5-20;1-6-3-2-4-7(5-6)8(9)10;8-7(9)6-4-2-1-3-5-6;/h2-7,14-15H,8-13H2,1H3,(H3,23,24,25,26);1-8,15H,9-14H2,(H3,22,23,24,25);1-3,10H,4-9H2,(H4,15,16,17,18,19);2-5H,1H3;1-5H;1H. The lowest BCUT2D eigenvalue weighted by Gasteiger charge is -2.26. The Morgan fingerprint density at radius 3 is 1.15 bits per heavy atom. The van der Waals surface area contributed by atoms with Crippen LogP contribution in [0.15, 0.2) is 182 Å². The molecule has 0 radical (unpaired) electrons. The molecule has 3 aromatic heterocycles. The molecule has 10 N–H and O–H groups in total. The van der Waals surface area contributed by atoms with E-state index in [1.807, 2.05) is 123 Å². The molecule has 7 aromatic carbocycles. The predicted molar refractivity (Wildman–Crippen MR) is 399 cm³/mol. The summed E-state index contributed by atoms with van der Waals surface area (Å²) in [7, 11) is 0. The summed E-state index contributed by atoms with van der Waals surface area (Å²) in [6.07, 6.45) is 0. The third kappa shape index (κ3) is 26.4. The second kappa shape index (κ2) is 41.4. The normalized spacial score (nSPS) is 13.6. The van der Waals surface area contributed by atoms with E-state index >= 15 is 0 Å². The summed E-state index contributed by atoms with van der Waals surface area (Å²) in [5.41, 5.74) is 23.7. The number of benzene rings is 7. The smallest absolute Gasteiger partial charge is 0.281 e. The number of nitrogens with zero attached hydrogens (tertiary/aromatic N) is 11. The zero-order valence-electron chi connectivity index (χ0n) is 56.9. The summed E-state index contributed by atoms with van der Waals surface area (Å²) in [5, 5.41) is 23.3. The minimum absolute atomic E-state index is 0. The van der Waals surface area contributed by atoms with Crippen LogP contribution in [0, 0.1) is 13.8 Å². The first kappa shape index (κ1) is 78.2. The highest BCUT2D eigenvalue weighted by Gasteiger charge is 2.19. The molecular formula is C72H83Cl3N18O10. The molecule has 0 amide bonds. The molecule has 31 heteroatoms. The molecule has 3 aliphatic heterocycles. The van der Waals surface area contributed by atoms with Crippen LogP contribution in [0.1, 0.15) is 52.6 Å². The van der Waals surface area contributed by atoms with Gasteiger partial charge in [0.15, 0.2) is 0 Å². The molecule has 28 nitrogen and oxygen atoms in total. The third-order valence-electron chi connectivity index (χ3n) is 15.3. The van der Waals surface area contributed by atoms with Gasteiger partial charge in [0.2, 0.25) is 35.7 Å². The summed E-state index contributed by atoms with van der Waals surface area (Å²) >= 11 is 10.4. The molecule has 0 unspecified atom stereocenters. The van der Waals surface area contributed by atoms with Crippen molar-refractivity contribution in [2.75, 3.05) is 152 Å². The Labute approximate surface area is 612 Å². The van der Waals surface area contributed by atoms with Crippen LogP contribution in [-0.4, -0.2) is 200 Å². The predicted octanol–water partition coefficient (Wildman–Crippen LogP) is 10.0. The van der Waals surface area contributed by atoms with Gasteiger partial charge in [-0.3, -0.25) is 33.9 Å². The largest absolute Gasteiger partial charge is 0.492 e. The van der Waals surface area contributed by atoms with Crippen molar-refractivity contribution >= 4 is 111 Å². The van der Waals surface area contributed by atoms with Crippen molar-refractivity contribution in [3.8, 4) is 17.2 Å². The fourth-order valence-corrected chi connectivity index (χ4v) is 10.3. The lowest BCUT2D eigenvalue weighted by atomic mass is 10.1. The van der Waals surface area contributed by atoms with Crippen molar-refractivity contribution < 1.29 is 47.6 Å². The molecule has 3 aliphatic rings. The fraction of sp³-hybridized carbons (Fsp3) is 0.278. The van der Waals surface area contributed by atoms with Gasteiger partial charge in [0.05, 0.1) is 39.6 Å². The van der Waals surface area contributed by atoms with Gasteiger partial charge in [-0.2, -0.15) is 24.3 Å². The Morgan fingerprint density at radius 1 is 0.437 bits per heavy atom. The van der Waals surface area contributed by atoms with Crippen LogP contribution < -0.4 is 47.4 Å². The van der Waals surface area contributed by atoms with E-state index in [0.29, 0.717) is 48.0 Å². The number of hydrogen-bond donors (Lipinski definition) is 7. The van der Waals surface area contributed by atoms with Crippen LogP contribution in [0.5, 0.6) is 17.2 Å². The van der Waals surface area contributed by atoms with Gasteiger partial charge in [-0.05, 0) is 104 Å². The molecule has 3 saturated heterocycles. The number of morpholine rings is 3. The number of rotatable bonds is 22. The summed E-state index contributed by atoms with van der Waals surface area (Å²) in [4.78, 5) is 65.5. The molecule has 542 valence electrons. The second-order valence-electron chi connectivity index (χ2n) is 22.9. The summed E-state index contributed by atoms with van der Waals surface area (Å²) in [5.74, 6) is 2.84. The zero-order valence-corrected chi connectivity index (χ0v) is 59.3. The Hall–Kier alpha value is -10.5. The number of carbonyl (C=O) groups is 4. The van der Waals surface area contributed by atoms with E-state index in [2.05, 4.69) is 66.0 Å². The Balaban J connectivity index is 0.000000174. The Bertz CT molecular complexity index is 4270. The number of aryl methyl sites for hydroxylation is 2. The molecule has 0 atom stereocenters. The van der Waals surface area contributed by atoms with Gasteiger partial charge < -0.3 is 61.6 Å². The van der Waals surface area contributed by atoms with E-state index in [1.165, 1.54) is 0 Å². The molecule has 3 fully saturated rings. The van der Waals surface area contributed by atoms with Gasteiger partial charge in [0.25, 0.3) is 22.3 Å². The monoisotopic (exact) mass is 1460 g/mol. The summed E-state index contributed by atoms with van der Waals surface area (Å²) < 4.78 is 35.8. The average Bonchev–Trinajstić information content (AvgIpc) is 1.71. The van der Waals surface area contributed by atoms with Crippen molar-refractivity contribution in [1.82, 2.24) is 59.4 Å². The quantitative estimate of drug-likeness (QED) is 0.0310. The average molecular weight is 1470 g/mol. The number of anilines is 9. The molecular weight excluding hydrogens is 1380 g/mol. The van der Waals surface area contributed by atoms with Gasteiger partial charge in [-0.25, -0.2) is 5.10 Å². The number of nitrogen functional groups attached to an aromatic ring is 3. The first-order valence-electron chi connectivity index (χ1n) is 32.8. The number of ether oxygens (including phenoxy) is 6. The van der Waals surface area contributed by atoms with Crippen LogP contribution in [0.25, 0.3) is 0 Å². The molecule has 103 heavy (non-hydrogen) atoms. The number of aromatic amines is 1. The molecule has 0 saturated carbocycles. The van der Waals surface area contributed by atoms with Gasteiger partial charge in [-0.15, -0.1) is 27.7 Å². The summed E-state index contributed by atoms with van der Waals surface area (Å²) in [6, 6.07) is 54.6. The number of halogens is 3. The van der Waals surface area contributed by atoms with Crippen LogP contribution in [0.4, 0.5) is 52.8 Å². The van der Waals surface area contributed by atoms with Gasteiger partial charge in [0, 0.05) is 116 Å². The van der Waals surface area contributed by atoms with Crippen LogP contribution in [-0.2, 0) is 14.2 Å². The highest BCUT2D eigenvalue weighted by Crippen LogP contribution is 2.25. The lowest BCUT2D eigenvalue weighted by molar-refractivity contribution is 0.0322. The number of carbonyl (C=O) groups excluding carboxylic acids is 4. The number of nitrogens with one attached hydrogen (secondary N) is 4.